The number of hydrogen-bond acceptors (Lipinski definition) is 4. The third-order valence-corrected chi connectivity index (χ3v) is 4.13. The zero-order valence-electron chi connectivity index (χ0n) is 16.0. The van der Waals surface area contributed by atoms with E-state index >= 15 is 0 Å². The molecule has 0 aliphatic carbocycles. The van der Waals surface area contributed by atoms with Crippen LogP contribution in [0, 0.1) is 6.92 Å². The maximum absolute atomic E-state index is 12.7. The van der Waals surface area contributed by atoms with Crippen LogP contribution in [0.3, 0.4) is 0 Å². The summed E-state index contributed by atoms with van der Waals surface area (Å²) in [5.41, 5.74) is 3.00. The molecule has 7 heteroatoms. The molecule has 1 N–H and O–H groups in total. The van der Waals surface area contributed by atoms with Crippen LogP contribution in [0.15, 0.2) is 58.7 Å². The van der Waals surface area contributed by atoms with Gasteiger partial charge in [-0.3, -0.25) is 0 Å². The molecule has 1 aromatic heterocycles. The van der Waals surface area contributed by atoms with Crippen LogP contribution in [0.2, 0.25) is 0 Å². The number of hydrogen-bond donors (Lipinski definition) is 1. The van der Waals surface area contributed by atoms with Crippen molar-refractivity contribution in [2.24, 2.45) is 0 Å². The predicted molar refractivity (Wildman–Crippen MR) is 103 cm³/mol. The molecule has 0 atom stereocenters. The summed E-state index contributed by atoms with van der Waals surface area (Å²) in [6.07, 6.45) is -1.09. The molecule has 29 heavy (non-hydrogen) atoms. The maximum Gasteiger partial charge on any atom is 0.416 e. The van der Waals surface area contributed by atoms with E-state index in [4.69, 9.17) is 14.3 Å². The Balaban J connectivity index is 1.70. The van der Waals surface area contributed by atoms with Crippen molar-refractivity contribution in [3.63, 3.8) is 0 Å². The normalized spacial score (nSPS) is 12.3. The first kappa shape index (κ1) is 20.7. The van der Waals surface area contributed by atoms with Crippen LogP contribution in [0.4, 0.5) is 13.2 Å². The van der Waals surface area contributed by atoms with Gasteiger partial charge in [0.05, 0.1) is 12.2 Å². The van der Waals surface area contributed by atoms with Crippen LogP contribution < -0.4 is 4.74 Å². The molecule has 1 heterocycles. The molecule has 152 valence electrons. The summed E-state index contributed by atoms with van der Waals surface area (Å²) in [6, 6.07) is 10.3. The Bertz CT molecular complexity index is 1000. The third kappa shape index (κ3) is 5.48. The van der Waals surface area contributed by atoms with Crippen LogP contribution >= 0.6 is 0 Å². The number of rotatable bonds is 6. The second-order valence-electron chi connectivity index (χ2n) is 6.74. The van der Waals surface area contributed by atoms with Gasteiger partial charge >= 0.3 is 6.18 Å². The zero-order chi connectivity index (χ0) is 21.0. The smallest absolute Gasteiger partial charge is 0.416 e. The Labute approximate surface area is 166 Å². The molecule has 0 aliphatic rings. The summed E-state index contributed by atoms with van der Waals surface area (Å²) in [6.45, 7) is 3.91. The molecule has 2 aromatic carbocycles. The first-order chi connectivity index (χ1) is 13.7. The van der Waals surface area contributed by atoms with Gasteiger partial charge in [-0.2, -0.15) is 13.2 Å². The summed E-state index contributed by atoms with van der Waals surface area (Å²) in [4.78, 5) is 4.28. The molecule has 3 rings (SSSR count). The van der Waals surface area contributed by atoms with Gasteiger partial charge in [-0.1, -0.05) is 12.1 Å². The molecule has 0 spiro atoms. The quantitative estimate of drug-likeness (QED) is 0.578. The highest BCUT2D eigenvalue weighted by Crippen LogP contribution is 2.31. The minimum atomic E-state index is -4.38. The van der Waals surface area contributed by atoms with Gasteiger partial charge in [0, 0.05) is 5.56 Å². The lowest BCUT2D eigenvalue weighted by Crippen LogP contribution is -2.04. The van der Waals surface area contributed by atoms with E-state index in [9.17, 15) is 13.2 Å². The van der Waals surface area contributed by atoms with Gasteiger partial charge in [0.2, 0.25) is 5.89 Å². The molecule has 3 aromatic rings. The van der Waals surface area contributed by atoms with Gasteiger partial charge in [0.25, 0.3) is 0 Å². The minimum Gasteiger partial charge on any atom is -0.487 e. The minimum absolute atomic E-state index is 0.0181. The summed E-state index contributed by atoms with van der Waals surface area (Å²) in [7, 11) is 0. The number of aliphatic hydroxyl groups excluding tert-OH is 1. The molecule has 0 amide bonds. The molecule has 0 fully saturated rings. The first-order valence-electron chi connectivity index (χ1n) is 8.89. The number of benzene rings is 2. The molecule has 0 saturated carbocycles. The standard InChI is InChI=1S/C22H20F3NO3/c1-14-7-16(8-15(2)11-27)10-20(9-14)28-12-19-13-29-21(26-19)17-3-5-18(6-4-17)22(23,24)25/h3-10,13,27H,11-12H2,1-2H3/b15-8+. The average molecular weight is 403 g/mol. The lowest BCUT2D eigenvalue weighted by atomic mass is 10.1. The van der Waals surface area contributed by atoms with Gasteiger partial charge in [-0.15, -0.1) is 0 Å². The molecular weight excluding hydrogens is 383 g/mol. The summed E-state index contributed by atoms with van der Waals surface area (Å²) in [5.74, 6) is 0.866. The first-order valence-corrected chi connectivity index (χ1v) is 8.89. The molecule has 0 aliphatic heterocycles. The lowest BCUT2D eigenvalue weighted by molar-refractivity contribution is -0.137. The van der Waals surface area contributed by atoms with Crippen LogP contribution in [0.5, 0.6) is 5.75 Å². The Morgan fingerprint density at radius 2 is 1.90 bits per heavy atom. The Morgan fingerprint density at radius 1 is 1.17 bits per heavy atom. The van der Waals surface area contributed by atoms with Crippen LogP contribution in [-0.2, 0) is 12.8 Å². The van der Waals surface area contributed by atoms with E-state index in [-0.39, 0.29) is 19.1 Å². The van der Waals surface area contributed by atoms with E-state index < -0.39 is 11.7 Å². The van der Waals surface area contributed by atoms with Crippen molar-refractivity contribution in [3.05, 3.63) is 76.7 Å². The van der Waals surface area contributed by atoms with Gasteiger partial charge in [0.15, 0.2) is 0 Å². The second kappa shape index (κ2) is 8.53. The van der Waals surface area contributed by atoms with E-state index in [0.29, 0.717) is 17.0 Å². The van der Waals surface area contributed by atoms with E-state index in [2.05, 4.69) is 4.98 Å². The number of halogens is 3. The largest absolute Gasteiger partial charge is 0.487 e. The topological polar surface area (TPSA) is 55.5 Å². The molecule has 0 unspecified atom stereocenters. The number of aromatic nitrogens is 1. The molecular formula is C22H20F3NO3. The summed E-state index contributed by atoms with van der Waals surface area (Å²) < 4.78 is 49.1. The Morgan fingerprint density at radius 3 is 2.55 bits per heavy atom. The number of oxazole rings is 1. The molecule has 0 saturated heterocycles. The second-order valence-corrected chi connectivity index (χ2v) is 6.74. The number of alkyl halides is 3. The van der Waals surface area contributed by atoms with E-state index in [1.54, 1.807) is 0 Å². The number of nitrogens with zero attached hydrogens (tertiary/aromatic N) is 1. The predicted octanol–water partition coefficient (Wildman–Crippen LogP) is 5.64. The highest BCUT2D eigenvalue weighted by atomic mass is 19.4. The number of ether oxygens (including phenoxy) is 1. The van der Waals surface area contributed by atoms with Crippen molar-refractivity contribution < 1.29 is 27.4 Å². The Hall–Kier alpha value is -3.06. The van der Waals surface area contributed by atoms with Crippen LogP contribution in [0.25, 0.3) is 17.5 Å². The van der Waals surface area contributed by atoms with Crippen molar-refractivity contribution in [1.29, 1.82) is 0 Å². The van der Waals surface area contributed by atoms with Crippen molar-refractivity contribution in [2.45, 2.75) is 26.6 Å². The van der Waals surface area contributed by atoms with Crippen LogP contribution in [-0.4, -0.2) is 16.7 Å². The zero-order valence-corrected chi connectivity index (χ0v) is 16.0. The lowest BCUT2D eigenvalue weighted by Gasteiger charge is -2.07. The van der Waals surface area contributed by atoms with Crippen molar-refractivity contribution in [1.82, 2.24) is 4.98 Å². The Kier molecular flexibility index (Phi) is 6.08. The highest BCUT2D eigenvalue weighted by molar-refractivity contribution is 5.56. The monoisotopic (exact) mass is 403 g/mol. The highest BCUT2D eigenvalue weighted by Gasteiger charge is 2.30. The summed E-state index contributed by atoms with van der Waals surface area (Å²) >= 11 is 0. The van der Waals surface area contributed by atoms with Crippen LogP contribution in [0.1, 0.15) is 29.3 Å². The molecule has 4 nitrogen and oxygen atoms in total. The van der Waals surface area contributed by atoms with E-state index in [1.165, 1.54) is 18.4 Å². The summed E-state index contributed by atoms with van der Waals surface area (Å²) in [5, 5.41) is 9.16. The van der Waals surface area contributed by atoms with Gasteiger partial charge in [-0.25, -0.2) is 4.98 Å². The SMILES string of the molecule is C/C(=C\c1cc(C)cc(OCc2coc(-c3ccc(C(F)(F)F)cc3)n2)c1)CO. The van der Waals surface area contributed by atoms with Gasteiger partial charge < -0.3 is 14.3 Å². The fraction of sp³-hybridized carbons (Fsp3) is 0.227. The molecule has 0 radical (unpaired) electrons. The van der Waals surface area contributed by atoms with E-state index in [0.717, 1.165) is 28.8 Å². The maximum atomic E-state index is 12.7. The number of aliphatic hydroxyl groups is 1. The van der Waals surface area contributed by atoms with Crippen molar-refractivity contribution >= 4 is 6.08 Å². The van der Waals surface area contributed by atoms with E-state index in [1.807, 2.05) is 38.1 Å². The fourth-order valence-electron chi connectivity index (χ4n) is 2.74. The fourth-order valence-corrected chi connectivity index (χ4v) is 2.74. The van der Waals surface area contributed by atoms with Crippen molar-refractivity contribution in [3.8, 4) is 17.2 Å². The third-order valence-electron chi connectivity index (χ3n) is 4.13. The molecule has 0 bridgehead atoms. The van der Waals surface area contributed by atoms with Crippen molar-refractivity contribution in [2.75, 3.05) is 6.61 Å². The number of aryl methyl sites for hydroxylation is 1. The van der Waals surface area contributed by atoms with Gasteiger partial charge in [-0.05, 0) is 66.9 Å². The van der Waals surface area contributed by atoms with Gasteiger partial charge in [0.1, 0.15) is 24.3 Å². The average Bonchev–Trinajstić information content (AvgIpc) is 3.14.